The molecule has 1 aliphatic carbocycles. The third-order valence-electron chi connectivity index (χ3n) is 17.0. The molecular formula is C65H95N11O17S. The van der Waals surface area contributed by atoms with E-state index in [4.69, 9.17) is 5.73 Å². The molecule has 94 heavy (non-hydrogen) atoms. The molecule has 1 saturated heterocycles. The summed E-state index contributed by atoms with van der Waals surface area (Å²) in [5.41, 5.74) is 6.51. The Labute approximate surface area is 553 Å². The first-order chi connectivity index (χ1) is 44.5. The molecule has 0 radical (unpaired) electrons. The molecule has 11 atom stereocenters. The van der Waals surface area contributed by atoms with Crippen molar-refractivity contribution in [3.63, 3.8) is 0 Å². The van der Waals surface area contributed by atoms with E-state index < -0.39 is 181 Å². The van der Waals surface area contributed by atoms with E-state index in [1.807, 2.05) is 0 Å². The van der Waals surface area contributed by atoms with Gasteiger partial charge in [0.05, 0.1) is 12.8 Å². The molecule has 11 amide bonds. The lowest BCUT2D eigenvalue weighted by Crippen LogP contribution is -2.62. The number of benzene rings is 2. The van der Waals surface area contributed by atoms with Crippen LogP contribution in [0.3, 0.4) is 0 Å². The van der Waals surface area contributed by atoms with Gasteiger partial charge < -0.3 is 73.4 Å². The molecule has 1 saturated carbocycles. The molecular weight excluding hydrogens is 1240 g/mol. The molecule has 1 heterocycles. The molecule has 4 rings (SSSR count). The van der Waals surface area contributed by atoms with E-state index in [9.17, 15) is 68.1 Å². The highest BCUT2D eigenvalue weighted by Gasteiger charge is 2.44. The maximum Gasteiger partial charge on any atom is 0.305 e. The standard InChI is InChI=1S/C65H95N11O17S/c1-8-20-42(57(85)71-46(34-52(82)83)60(88)70-44(56(66)84)31-36(3)4)69-61(89)48-27-19-30-76(48)64(92)47(35-94)72-62(90)49(32-39-21-13-10-14-22-39)75(7)65(93)54(37(5)9-2)73-63(91)55(53(40-23-15-11-16-24-40)41-25-17-12-18-26-41)74-58(86)43(28-29-50(78)79)68-59(87)45(33-51(80)81)67-38(6)77/h11-12,15-18,23-26,36-37,39,42-49,53-55,94H,8-10,13-14,19-22,27-35H2,1-7H3,(H2,66,84)(H,67,77)(H,68,87)(H,69,89)(H,70,88)(H,71,85)(H,72,90)(H,73,91)(H,74,86)(H,78,79)(H,80,81)(H,82,83)/t37-,42-,43-,44-,45-,46-,47-,48-,49-,54-,55-/m0/s1. The Morgan fingerprint density at radius 1 is 0.585 bits per heavy atom. The maximum absolute atomic E-state index is 15.5. The van der Waals surface area contributed by atoms with Crippen LogP contribution in [0.25, 0.3) is 0 Å². The summed E-state index contributed by atoms with van der Waals surface area (Å²) in [5, 5.41) is 49.4. The number of carboxylic acid groups (broad SMARTS) is 3. The zero-order valence-corrected chi connectivity index (χ0v) is 55.5. The number of hydrogen-bond acceptors (Lipinski definition) is 15. The van der Waals surface area contributed by atoms with Gasteiger partial charge in [0, 0.05) is 38.6 Å². The number of likely N-dealkylation sites (N-methyl/N-ethyl adjacent to an activating group) is 1. The fraction of sp³-hybridized carbons (Fsp3) is 0.600. The summed E-state index contributed by atoms with van der Waals surface area (Å²) in [7, 11) is 1.41. The van der Waals surface area contributed by atoms with E-state index in [0.717, 1.165) is 39.0 Å². The first-order valence-electron chi connectivity index (χ1n) is 32.1. The van der Waals surface area contributed by atoms with Crippen LogP contribution in [0.15, 0.2) is 60.7 Å². The number of aliphatic carboxylic acids is 3. The summed E-state index contributed by atoms with van der Waals surface area (Å²) in [4.78, 5) is 193. The molecule has 2 aromatic rings. The lowest BCUT2D eigenvalue weighted by molar-refractivity contribution is -0.146. The number of rotatable bonds is 38. The van der Waals surface area contributed by atoms with Crippen molar-refractivity contribution in [1.82, 2.24) is 52.3 Å². The third kappa shape index (κ3) is 24.0. The number of nitrogens with zero attached hydrogens (tertiary/aromatic N) is 2. The molecule has 0 aromatic heterocycles. The molecule has 518 valence electrons. The van der Waals surface area contributed by atoms with Crippen LogP contribution in [0.2, 0.25) is 0 Å². The lowest BCUT2D eigenvalue weighted by Gasteiger charge is -2.37. The Bertz CT molecular complexity index is 2920. The van der Waals surface area contributed by atoms with Crippen molar-refractivity contribution in [3.05, 3.63) is 71.8 Å². The van der Waals surface area contributed by atoms with Gasteiger partial charge in [-0.15, -0.1) is 0 Å². The summed E-state index contributed by atoms with van der Waals surface area (Å²) >= 11 is 4.47. The van der Waals surface area contributed by atoms with Crippen molar-refractivity contribution in [2.45, 2.75) is 211 Å². The second-order valence-corrected chi connectivity index (χ2v) is 25.1. The Hall–Kier alpha value is -8.63. The summed E-state index contributed by atoms with van der Waals surface area (Å²) in [6, 6.07) is 2.69. The number of nitrogens with two attached hydrogens (primary N) is 1. The molecule has 0 unspecified atom stereocenters. The molecule has 2 aliphatic rings. The first-order valence-corrected chi connectivity index (χ1v) is 32.8. The number of thiol groups is 1. The number of carbonyl (C=O) groups excluding carboxylic acids is 11. The zero-order chi connectivity index (χ0) is 69.9. The molecule has 0 bridgehead atoms. The predicted octanol–water partition coefficient (Wildman–Crippen LogP) is 1.63. The van der Waals surface area contributed by atoms with Crippen LogP contribution >= 0.6 is 12.6 Å². The van der Waals surface area contributed by atoms with Gasteiger partial charge in [-0.25, -0.2) is 0 Å². The number of hydrogen-bond donors (Lipinski definition) is 13. The Morgan fingerprint density at radius 2 is 1.09 bits per heavy atom. The molecule has 1 aliphatic heterocycles. The van der Waals surface area contributed by atoms with Gasteiger partial charge in [-0.2, -0.15) is 12.6 Å². The van der Waals surface area contributed by atoms with Crippen molar-refractivity contribution in [2.75, 3.05) is 19.3 Å². The first kappa shape index (κ1) is 77.8. The van der Waals surface area contributed by atoms with E-state index in [0.29, 0.717) is 30.4 Å². The SMILES string of the molecule is CCC[C@H](NC(=O)[C@@H]1CCCN1C(=O)[C@H](CS)NC(=O)[C@H](CC1CCCCC1)N(C)C(=O)[C@@H](NC(=O)[C@@H](NC(=O)[C@H](CCC(=O)O)NC(=O)[C@H](CC(=O)O)NC(C)=O)C(c1ccccc1)c1ccccc1)[C@@H](C)CC)C(=O)N[C@@H](CC(=O)O)C(=O)N[C@@H](CC(C)C)C(N)=O. The average molecular weight is 1330 g/mol. The van der Waals surface area contributed by atoms with Crippen LogP contribution in [-0.4, -0.2) is 188 Å². The van der Waals surface area contributed by atoms with Crippen molar-refractivity contribution in [2.24, 2.45) is 23.5 Å². The molecule has 2 aromatic carbocycles. The highest BCUT2D eigenvalue weighted by atomic mass is 32.1. The number of likely N-dealkylation sites (tertiary alicyclic amines) is 1. The summed E-state index contributed by atoms with van der Waals surface area (Å²) in [6.45, 7) is 9.87. The van der Waals surface area contributed by atoms with E-state index >= 15 is 14.4 Å². The van der Waals surface area contributed by atoms with Gasteiger partial charge in [-0.1, -0.05) is 140 Å². The van der Waals surface area contributed by atoms with Crippen LogP contribution in [0.4, 0.5) is 0 Å². The average Bonchev–Trinajstić information content (AvgIpc) is 1.05. The second kappa shape index (κ2) is 38.5. The smallest absolute Gasteiger partial charge is 0.305 e. The van der Waals surface area contributed by atoms with Gasteiger partial charge in [0.25, 0.3) is 0 Å². The minimum absolute atomic E-state index is 0.0289. The normalized spacial score (nSPS) is 17.2. The molecule has 29 heteroatoms. The maximum atomic E-state index is 15.5. The van der Waals surface area contributed by atoms with Gasteiger partial charge in [0.1, 0.15) is 60.4 Å². The van der Waals surface area contributed by atoms with Crippen molar-refractivity contribution < 1.29 is 82.4 Å². The Balaban J connectivity index is 1.68. The lowest BCUT2D eigenvalue weighted by atomic mass is 9.83. The van der Waals surface area contributed by atoms with Crippen LogP contribution < -0.4 is 48.3 Å². The monoisotopic (exact) mass is 1330 g/mol. The van der Waals surface area contributed by atoms with Gasteiger partial charge >= 0.3 is 17.9 Å². The highest BCUT2D eigenvalue weighted by Crippen LogP contribution is 2.32. The fourth-order valence-corrected chi connectivity index (χ4v) is 12.0. The minimum atomic E-state index is -1.72. The quantitative estimate of drug-likeness (QED) is 0.0425. The van der Waals surface area contributed by atoms with Gasteiger partial charge in [-0.05, 0) is 67.4 Å². The molecule has 0 spiro atoms. The van der Waals surface area contributed by atoms with Gasteiger partial charge in [0.2, 0.25) is 65.0 Å². The Morgan fingerprint density at radius 3 is 1.59 bits per heavy atom. The van der Waals surface area contributed by atoms with E-state index in [1.54, 1.807) is 95.3 Å². The second-order valence-electron chi connectivity index (χ2n) is 24.7. The summed E-state index contributed by atoms with van der Waals surface area (Å²) in [5.74, 6) is -15.9. The largest absolute Gasteiger partial charge is 0.481 e. The van der Waals surface area contributed by atoms with Crippen molar-refractivity contribution in [1.29, 1.82) is 0 Å². The number of amides is 11. The number of primary amides is 1. The topological polar surface area (TPSA) is 428 Å². The Kier molecular flexibility index (Phi) is 31.9. The fourth-order valence-electron chi connectivity index (χ4n) is 11.8. The van der Waals surface area contributed by atoms with Crippen molar-refractivity contribution >= 4 is 95.5 Å². The molecule has 13 N–H and O–H groups in total. The zero-order valence-electron chi connectivity index (χ0n) is 54.6. The van der Waals surface area contributed by atoms with Crippen LogP contribution in [0.5, 0.6) is 0 Å². The summed E-state index contributed by atoms with van der Waals surface area (Å²) in [6.07, 6.45) is 2.50. The van der Waals surface area contributed by atoms with E-state index in [1.165, 1.54) is 16.8 Å². The molecule has 2 fully saturated rings. The number of carboxylic acids is 3. The minimum Gasteiger partial charge on any atom is -0.481 e. The van der Waals surface area contributed by atoms with Crippen molar-refractivity contribution in [3.8, 4) is 0 Å². The van der Waals surface area contributed by atoms with Crippen LogP contribution in [-0.2, 0) is 67.1 Å². The van der Waals surface area contributed by atoms with E-state index in [-0.39, 0.29) is 49.8 Å². The number of carbonyl (C=O) groups is 14. The highest BCUT2D eigenvalue weighted by molar-refractivity contribution is 7.80. The van der Waals surface area contributed by atoms with Crippen LogP contribution in [0, 0.1) is 17.8 Å². The third-order valence-corrected chi connectivity index (χ3v) is 17.3. The predicted molar refractivity (Wildman–Crippen MR) is 347 cm³/mol. The van der Waals surface area contributed by atoms with Crippen LogP contribution in [0.1, 0.15) is 161 Å². The van der Waals surface area contributed by atoms with Gasteiger partial charge in [-0.3, -0.25) is 67.1 Å². The molecule has 28 nitrogen and oxygen atoms in total. The van der Waals surface area contributed by atoms with E-state index in [2.05, 4.69) is 55.2 Å². The summed E-state index contributed by atoms with van der Waals surface area (Å²) < 4.78 is 0. The van der Waals surface area contributed by atoms with Gasteiger partial charge in [0.15, 0.2) is 0 Å². The number of nitrogens with one attached hydrogen (secondary N) is 8.